The maximum atomic E-state index is 13.3. The zero-order valence-corrected chi connectivity index (χ0v) is 23.2. The largest absolute Gasteiger partial charge is 0.339 e. The molecule has 8 nitrogen and oxygen atoms in total. The van der Waals surface area contributed by atoms with Crippen molar-refractivity contribution in [3.63, 3.8) is 0 Å². The lowest BCUT2D eigenvalue weighted by Crippen LogP contribution is -2.37. The van der Waals surface area contributed by atoms with Crippen molar-refractivity contribution in [1.82, 2.24) is 24.6 Å². The summed E-state index contributed by atoms with van der Waals surface area (Å²) in [4.78, 5) is 24.4. The van der Waals surface area contributed by atoms with Gasteiger partial charge in [0.15, 0.2) is 0 Å². The summed E-state index contributed by atoms with van der Waals surface area (Å²) >= 11 is 0. The SMILES string of the molecule is N#CCC(C1CCCC1)n1cc(-c2ccnc(Nc3cccc(C(=O)N4CCC(c5ccccc5)CC4)c3)n2)cn1. The van der Waals surface area contributed by atoms with Gasteiger partial charge in [-0.15, -0.1) is 0 Å². The topological polar surface area (TPSA) is 99.7 Å². The van der Waals surface area contributed by atoms with Gasteiger partial charge in [-0.2, -0.15) is 10.4 Å². The number of piperidine rings is 1. The van der Waals surface area contributed by atoms with Gasteiger partial charge in [-0.05, 0) is 67.3 Å². The third-order valence-electron chi connectivity index (χ3n) is 8.56. The van der Waals surface area contributed by atoms with Crippen molar-refractivity contribution in [2.75, 3.05) is 18.4 Å². The predicted octanol–water partition coefficient (Wildman–Crippen LogP) is 6.75. The van der Waals surface area contributed by atoms with Crippen molar-refractivity contribution >= 4 is 17.5 Å². The van der Waals surface area contributed by atoms with Gasteiger partial charge in [-0.3, -0.25) is 9.48 Å². The maximum absolute atomic E-state index is 13.3. The highest BCUT2D eigenvalue weighted by Gasteiger charge is 2.27. The van der Waals surface area contributed by atoms with Crippen LogP contribution < -0.4 is 5.32 Å². The van der Waals surface area contributed by atoms with Crippen LogP contribution in [0, 0.1) is 17.2 Å². The number of rotatable bonds is 8. The molecule has 1 saturated heterocycles. The molecule has 1 N–H and O–H groups in total. The lowest BCUT2D eigenvalue weighted by Gasteiger charge is -2.32. The normalized spacial score (nSPS) is 16.8. The first kappa shape index (κ1) is 26.7. The van der Waals surface area contributed by atoms with Gasteiger partial charge in [-0.25, -0.2) is 9.97 Å². The zero-order chi connectivity index (χ0) is 28.0. The van der Waals surface area contributed by atoms with E-state index in [0.29, 0.717) is 29.8 Å². The number of carbonyl (C=O) groups excluding carboxylic acids is 1. The van der Waals surface area contributed by atoms with E-state index in [2.05, 4.69) is 45.7 Å². The summed E-state index contributed by atoms with van der Waals surface area (Å²) in [5.74, 6) is 1.50. The van der Waals surface area contributed by atoms with Crippen molar-refractivity contribution in [3.05, 3.63) is 90.4 Å². The first-order valence-corrected chi connectivity index (χ1v) is 14.6. The Hall–Kier alpha value is -4.51. The summed E-state index contributed by atoms with van der Waals surface area (Å²) in [6.07, 6.45) is 12.7. The highest BCUT2D eigenvalue weighted by atomic mass is 16.2. The fourth-order valence-corrected chi connectivity index (χ4v) is 6.33. The van der Waals surface area contributed by atoms with Crippen LogP contribution in [-0.2, 0) is 0 Å². The second-order valence-electron chi connectivity index (χ2n) is 11.1. The van der Waals surface area contributed by atoms with Crippen LogP contribution in [0.5, 0.6) is 0 Å². The van der Waals surface area contributed by atoms with Gasteiger partial charge in [0, 0.05) is 42.3 Å². The van der Waals surface area contributed by atoms with E-state index in [1.165, 1.54) is 18.4 Å². The average Bonchev–Trinajstić information content (AvgIpc) is 3.74. The van der Waals surface area contributed by atoms with Crippen LogP contribution in [0.25, 0.3) is 11.3 Å². The number of benzene rings is 2. The molecule has 0 bridgehead atoms. The molecule has 2 aliphatic rings. The van der Waals surface area contributed by atoms with Gasteiger partial charge in [0.05, 0.1) is 30.4 Å². The molecule has 4 aromatic rings. The summed E-state index contributed by atoms with van der Waals surface area (Å²) in [5, 5.41) is 17.3. The van der Waals surface area contributed by atoms with E-state index in [-0.39, 0.29) is 11.9 Å². The van der Waals surface area contributed by atoms with Crippen molar-refractivity contribution in [2.45, 2.75) is 56.9 Å². The van der Waals surface area contributed by atoms with Crippen molar-refractivity contribution in [2.24, 2.45) is 5.92 Å². The number of carbonyl (C=O) groups is 1. The number of anilines is 2. The molecule has 0 spiro atoms. The van der Waals surface area contributed by atoms with Gasteiger partial charge in [0.2, 0.25) is 5.95 Å². The molecule has 0 radical (unpaired) electrons. The number of hydrogen-bond donors (Lipinski definition) is 1. The first-order valence-electron chi connectivity index (χ1n) is 14.6. The van der Waals surface area contributed by atoms with Gasteiger partial charge in [0.25, 0.3) is 5.91 Å². The maximum Gasteiger partial charge on any atom is 0.253 e. The Labute approximate surface area is 241 Å². The molecule has 208 valence electrons. The van der Waals surface area contributed by atoms with Crippen molar-refractivity contribution in [1.29, 1.82) is 5.26 Å². The van der Waals surface area contributed by atoms with Gasteiger partial charge >= 0.3 is 0 Å². The second kappa shape index (κ2) is 12.3. The van der Waals surface area contributed by atoms with Gasteiger partial charge in [0.1, 0.15) is 0 Å². The number of amides is 1. The Morgan fingerprint density at radius 2 is 1.83 bits per heavy atom. The van der Waals surface area contributed by atoms with Gasteiger partial charge in [-0.1, -0.05) is 49.2 Å². The van der Waals surface area contributed by atoms with E-state index in [1.54, 1.807) is 6.20 Å². The Kier molecular flexibility index (Phi) is 8.04. The Balaban J connectivity index is 1.12. The number of hydrogen-bond acceptors (Lipinski definition) is 6. The van der Waals surface area contributed by atoms with Crippen LogP contribution in [0.3, 0.4) is 0 Å². The van der Waals surface area contributed by atoms with Crippen LogP contribution in [0.4, 0.5) is 11.6 Å². The molecular formula is C33H35N7O. The molecule has 1 atom stereocenters. The predicted molar refractivity (Wildman–Crippen MR) is 159 cm³/mol. The number of nitrogens with one attached hydrogen (secondary N) is 1. The molecule has 2 fully saturated rings. The minimum Gasteiger partial charge on any atom is -0.339 e. The molecule has 2 aromatic carbocycles. The highest BCUT2D eigenvalue weighted by molar-refractivity contribution is 5.95. The molecule has 1 aliphatic heterocycles. The van der Waals surface area contributed by atoms with Crippen LogP contribution in [0.1, 0.15) is 72.8 Å². The lowest BCUT2D eigenvalue weighted by molar-refractivity contribution is 0.0713. The fourth-order valence-electron chi connectivity index (χ4n) is 6.33. The molecule has 1 amide bonds. The minimum absolute atomic E-state index is 0.0523. The van der Waals surface area contributed by atoms with E-state index >= 15 is 0 Å². The lowest BCUT2D eigenvalue weighted by atomic mass is 9.89. The molecule has 1 saturated carbocycles. The standard InChI is InChI=1S/C33H35N7O/c34-17-13-31(26-9-4-5-10-26)40-23-28(22-36-40)30-14-18-35-33(38-30)37-29-12-6-11-27(21-29)32(41)39-19-15-25(16-20-39)24-7-2-1-3-8-24/h1-3,6-8,11-12,14,18,21-23,25-26,31H,4-5,9-10,13,15-16,19-20H2,(H,35,37,38). The molecule has 6 rings (SSSR count). The van der Waals surface area contributed by atoms with E-state index in [9.17, 15) is 10.1 Å². The third-order valence-corrected chi connectivity index (χ3v) is 8.56. The molecule has 3 heterocycles. The van der Waals surface area contributed by atoms with E-state index < -0.39 is 0 Å². The Bertz CT molecular complexity index is 1510. The number of nitrogens with zero attached hydrogens (tertiary/aromatic N) is 6. The van der Waals surface area contributed by atoms with Gasteiger partial charge < -0.3 is 10.2 Å². The molecule has 8 heteroatoms. The molecule has 1 unspecified atom stereocenters. The van der Waals surface area contributed by atoms with Crippen LogP contribution in [0.2, 0.25) is 0 Å². The summed E-state index contributed by atoms with van der Waals surface area (Å²) in [6.45, 7) is 1.51. The van der Waals surface area contributed by atoms with Crippen molar-refractivity contribution in [3.8, 4) is 17.3 Å². The number of likely N-dealkylation sites (tertiary alicyclic amines) is 1. The Morgan fingerprint density at radius 3 is 2.61 bits per heavy atom. The summed E-state index contributed by atoms with van der Waals surface area (Å²) < 4.78 is 1.95. The number of aromatic nitrogens is 4. The molecular weight excluding hydrogens is 510 g/mol. The smallest absolute Gasteiger partial charge is 0.253 e. The summed E-state index contributed by atoms with van der Waals surface area (Å²) in [6, 6.07) is 22.4. The van der Waals surface area contributed by atoms with Crippen LogP contribution in [0.15, 0.2) is 79.3 Å². The van der Waals surface area contributed by atoms with Crippen LogP contribution >= 0.6 is 0 Å². The van der Waals surface area contributed by atoms with E-state index in [1.807, 2.05) is 58.4 Å². The minimum atomic E-state index is 0.0523. The average molecular weight is 546 g/mol. The molecule has 2 aromatic heterocycles. The fraction of sp³-hybridized carbons (Fsp3) is 0.364. The van der Waals surface area contributed by atoms with E-state index in [0.717, 1.165) is 55.7 Å². The number of nitriles is 1. The summed E-state index contributed by atoms with van der Waals surface area (Å²) in [5.41, 5.74) is 4.42. The van der Waals surface area contributed by atoms with Crippen LogP contribution in [-0.4, -0.2) is 43.6 Å². The zero-order valence-electron chi connectivity index (χ0n) is 23.2. The highest BCUT2D eigenvalue weighted by Crippen LogP contribution is 2.36. The molecule has 1 aliphatic carbocycles. The second-order valence-corrected chi connectivity index (χ2v) is 11.1. The van der Waals surface area contributed by atoms with Crippen molar-refractivity contribution < 1.29 is 4.79 Å². The monoisotopic (exact) mass is 545 g/mol. The third kappa shape index (κ3) is 6.14. The quantitative estimate of drug-likeness (QED) is 0.263. The Morgan fingerprint density at radius 1 is 1.02 bits per heavy atom. The first-order chi connectivity index (χ1) is 20.2. The van der Waals surface area contributed by atoms with E-state index in [4.69, 9.17) is 4.98 Å². The molecule has 41 heavy (non-hydrogen) atoms. The summed E-state index contributed by atoms with van der Waals surface area (Å²) in [7, 11) is 0.